The summed E-state index contributed by atoms with van der Waals surface area (Å²) in [6, 6.07) is 7.91. The van der Waals surface area contributed by atoms with E-state index < -0.39 is 5.60 Å². The third kappa shape index (κ3) is 4.51. The zero-order valence-corrected chi connectivity index (χ0v) is 16.5. The molecule has 0 aromatic heterocycles. The second kappa shape index (κ2) is 8.15. The molecule has 2 N–H and O–H groups in total. The Kier molecular flexibility index (Phi) is 6.10. The van der Waals surface area contributed by atoms with E-state index in [4.69, 9.17) is 11.6 Å². The molecule has 0 spiro atoms. The normalized spacial score (nSPS) is 23.4. The van der Waals surface area contributed by atoms with Gasteiger partial charge in [-0.1, -0.05) is 23.7 Å². The lowest BCUT2D eigenvalue weighted by molar-refractivity contribution is -0.0168. The average Bonchev–Trinajstić information content (AvgIpc) is 3.10. The Morgan fingerprint density at radius 3 is 2.50 bits per heavy atom. The molecule has 3 rings (SSSR count). The Morgan fingerprint density at radius 2 is 1.92 bits per heavy atom. The SMILES string of the molecule is CC(C)N1CC[C@H](CNC(=O)N2CCC(O)(c3ccc(Cl)cc3)CC2)C1. The number of urea groups is 1. The van der Waals surface area contributed by atoms with E-state index in [0.29, 0.717) is 42.9 Å². The lowest BCUT2D eigenvalue weighted by atomic mass is 9.84. The number of halogens is 1. The summed E-state index contributed by atoms with van der Waals surface area (Å²) < 4.78 is 0. The van der Waals surface area contributed by atoms with Gasteiger partial charge in [-0.05, 0) is 63.3 Å². The largest absolute Gasteiger partial charge is 0.385 e. The van der Waals surface area contributed by atoms with E-state index in [-0.39, 0.29) is 6.03 Å². The number of benzene rings is 1. The first-order valence-corrected chi connectivity index (χ1v) is 10.0. The number of piperidine rings is 1. The Bertz CT molecular complexity index is 612. The first-order valence-electron chi connectivity index (χ1n) is 9.62. The minimum Gasteiger partial charge on any atom is -0.385 e. The molecule has 2 amide bonds. The van der Waals surface area contributed by atoms with Crippen molar-refractivity contribution in [3.05, 3.63) is 34.9 Å². The van der Waals surface area contributed by atoms with E-state index >= 15 is 0 Å². The fourth-order valence-electron chi connectivity index (χ4n) is 3.97. The molecule has 6 heteroatoms. The number of aliphatic hydroxyl groups is 1. The minimum absolute atomic E-state index is 0.00819. The highest BCUT2D eigenvalue weighted by molar-refractivity contribution is 6.30. The van der Waals surface area contributed by atoms with Crippen LogP contribution in [0.25, 0.3) is 0 Å². The van der Waals surface area contributed by atoms with Crippen molar-refractivity contribution in [3.8, 4) is 0 Å². The van der Waals surface area contributed by atoms with Crippen LogP contribution in [-0.4, -0.2) is 59.7 Å². The van der Waals surface area contributed by atoms with Gasteiger partial charge in [-0.3, -0.25) is 0 Å². The van der Waals surface area contributed by atoms with Gasteiger partial charge >= 0.3 is 6.03 Å². The van der Waals surface area contributed by atoms with Crippen molar-refractivity contribution in [2.75, 3.05) is 32.7 Å². The van der Waals surface area contributed by atoms with Gasteiger partial charge in [-0.2, -0.15) is 0 Å². The number of hydrogen-bond acceptors (Lipinski definition) is 3. The smallest absolute Gasteiger partial charge is 0.317 e. The molecule has 2 aliphatic heterocycles. The van der Waals surface area contributed by atoms with Gasteiger partial charge in [0.15, 0.2) is 0 Å². The van der Waals surface area contributed by atoms with E-state index in [9.17, 15) is 9.90 Å². The van der Waals surface area contributed by atoms with Crippen molar-refractivity contribution >= 4 is 17.6 Å². The second-order valence-corrected chi connectivity index (χ2v) is 8.39. The average molecular weight is 380 g/mol. The molecule has 26 heavy (non-hydrogen) atoms. The number of nitrogens with one attached hydrogen (secondary N) is 1. The third-order valence-electron chi connectivity index (χ3n) is 5.85. The topological polar surface area (TPSA) is 55.8 Å². The van der Waals surface area contributed by atoms with Crippen LogP contribution in [0.1, 0.15) is 38.7 Å². The van der Waals surface area contributed by atoms with Gasteiger partial charge < -0.3 is 20.2 Å². The predicted octanol–water partition coefficient (Wildman–Crippen LogP) is 3.06. The first-order chi connectivity index (χ1) is 12.4. The number of likely N-dealkylation sites (tertiary alicyclic amines) is 2. The lowest BCUT2D eigenvalue weighted by Gasteiger charge is -2.38. The molecule has 5 nitrogen and oxygen atoms in total. The van der Waals surface area contributed by atoms with Crippen molar-refractivity contribution < 1.29 is 9.90 Å². The molecule has 2 saturated heterocycles. The number of nitrogens with zero attached hydrogens (tertiary/aromatic N) is 2. The molecule has 2 aliphatic rings. The van der Waals surface area contributed by atoms with Crippen molar-refractivity contribution in [1.82, 2.24) is 15.1 Å². The molecule has 1 aromatic rings. The summed E-state index contributed by atoms with van der Waals surface area (Å²) in [7, 11) is 0. The summed E-state index contributed by atoms with van der Waals surface area (Å²) in [5, 5.41) is 14.7. The lowest BCUT2D eigenvalue weighted by Crippen LogP contribution is -2.49. The van der Waals surface area contributed by atoms with Gasteiger partial charge in [0.2, 0.25) is 0 Å². The van der Waals surface area contributed by atoms with E-state index in [0.717, 1.165) is 31.6 Å². The van der Waals surface area contributed by atoms with Crippen LogP contribution < -0.4 is 5.32 Å². The molecule has 1 aromatic carbocycles. The molecular formula is C20H30ClN3O2. The Balaban J connectivity index is 1.46. The van der Waals surface area contributed by atoms with Gasteiger partial charge in [0, 0.05) is 37.2 Å². The van der Waals surface area contributed by atoms with Gasteiger partial charge in [-0.25, -0.2) is 4.79 Å². The Hall–Kier alpha value is -1.30. The summed E-state index contributed by atoms with van der Waals surface area (Å²) in [6.07, 6.45) is 2.24. The highest BCUT2D eigenvalue weighted by atomic mass is 35.5. The maximum absolute atomic E-state index is 12.5. The van der Waals surface area contributed by atoms with Gasteiger partial charge in [-0.15, -0.1) is 0 Å². The highest BCUT2D eigenvalue weighted by Crippen LogP contribution is 2.33. The highest BCUT2D eigenvalue weighted by Gasteiger charge is 2.35. The summed E-state index contributed by atoms with van der Waals surface area (Å²) in [5.41, 5.74) is 0.00612. The summed E-state index contributed by atoms with van der Waals surface area (Å²) in [5.74, 6) is 0.539. The van der Waals surface area contributed by atoms with Crippen LogP contribution in [0, 0.1) is 5.92 Å². The van der Waals surface area contributed by atoms with Crippen LogP contribution in [0.5, 0.6) is 0 Å². The van der Waals surface area contributed by atoms with Crippen molar-refractivity contribution in [2.45, 2.75) is 44.8 Å². The molecule has 2 fully saturated rings. The van der Waals surface area contributed by atoms with Crippen LogP contribution >= 0.6 is 11.6 Å². The second-order valence-electron chi connectivity index (χ2n) is 7.95. The Labute approximate surface area is 161 Å². The van der Waals surface area contributed by atoms with E-state index in [1.54, 1.807) is 12.1 Å². The summed E-state index contributed by atoms with van der Waals surface area (Å²) in [4.78, 5) is 16.7. The van der Waals surface area contributed by atoms with E-state index in [1.807, 2.05) is 17.0 Å². The zero-order valence-electron chi connectivity index (χ0n) is 15.7. The Morgan fingerprint density at radius 1 is 1.27 bits per heavy atom. The van der Waals surface area contributed by atoms with Crippen molar-refractivity contribution in [3.63, 3.8) is 0 Å². The summed E-state index contributed by atoms with van der Waals surface area (Å²) in [6.45, 7) is 8.48. The summed E-state index contributed by atoms with van der Waals surface area (Å²) >= 11 is 5.93. The van der Waals surface area contributed by atoms with Crippen LogP contribution in [0.3, 0.4) is 0 Å². The van der Waals surface area contributed by atoms with Gasteiger partial charge in [0.25, 0.3) is 0 Å². The number of rotatable bonds is 4. The number of carbonyl (C=O) groups excluding carboxylic acids is 1. The van der Waals surface area contributed by atoms with Gasteiger partial charge in [0.1, 0.15) is 0 Å². The molecule has 2 heterocycles. The fourth-order valence-corrected chi connectivity index (χ4v) is 4.10. The molecule has 144 valence electrons. The maximum Gasteiger partial charge on any atom is 0.317 e. The van der Waals surface area contributed by atoms with E-state index in [2.05, 4.69) is 24.1 Å². The van der Waals surface area contributed by atoms with Gasteiger partial charge in [0.05, 0.1) is 5.60 Å². The molecule has 0 saturated carbocycles. The van der Waals surface area contributed by atoms with E-state index in [1.165, 1.54) is 0 Å². The molecule has 0 unspecified atom stereocenters. The molecular weight excluding hydrogens is 350 g/mol. The van der Waals surface area contributed by atoms with Crippen LogP contribution in [0.4, 0.5) is 4.79 Å². The third-order valence-corrected chi connectivity index (χ3v) is 6.10. The standard InChI is InChI=1S/C20H30ClN3O2/c1-15(2)24-10-7-16(14-24)13-22-19(25)23-11-8-20(26,9-12-23)17-3-5-18(21)6-4-17/h3-6,15-16,26H,7-14H2,1-2H3,(H,22,25)/t16-/m1/s1. The number of carbonyl (C=O) groups is 1. The van der Waals surface area contributed by atoms with Crippen LogP contribution in [0.2, 0.25) is 5.02 Å². The number of hydrogen-bond donors (Lipinski definition) is 2. The molecule has 0 bridgehead atoms. The zero-order chi connectivity index (χ0) is 18.7. The monoisotopic (exact) mass is 379 g/mol. The van der Waals surface area contributed by atoms with Crippen LogP contribution in [0.15, 0.2) is 24.3 Å². The fraction of sp³-hybridized carbons (Fsp3) is 0.650. The first kappa shape index (κ1) is 19.5. The van der Waals surface area contributed by atoms with Crippen molar-refractivity contribution in [2.24, 2.45) is 5.92 Å². The maximum atomic E-state index is 12.5. The number of amides is 2. The minimum atomic E-state index is -0.870. The molecule has 1 atom stereocenters. The molecule has 0 aliphatic carbocycles. The quantitative estimate of drug-likeness (QED) is 0.845. The molecule has 0 radical (unpaired) electrons. The van der Waals surface area contributed by atoms with Crippen LogP contribution in [-0.2, 0) is 5.60 Å². The van der Waals surface area contributed by atoms with Crippen molar-refractivity contribution in [1.29, 1.82) is 0 Å². The predicted molar refractivity (Wildman–Crippen MR) is 104 cm³/mol.